The molecule has 0 aliphatic heterocycles. The second kappa shape index (κ2) is 4.75. The molecule has 0 spiro atoms. The number of hydrogen-bond acceptors (Lipinski definition) is 3. The van der Waals surface area contributed by atoms with E-state index in [9.17, 15) is 0 Å². The van der Waals surface area contributed by atoms with Gasteiger partial charge in [0.2, 0.25) is 0 Å². The van der Waals surface area contributed by atoms with Crippen LogP contribution >= 0.6 is 0 Å². The van der Waals surface area contributed by atoms with Gasteiger partial charge in [-0.25, -0.2) is 0 Å². The van der Waals surface area contributed by atoms with Gasteiger partial charge in [-0.3, -0.25) is 9.97 Å². The van der Waals surface area contributed by atoms with Crippen LogP contribution in [0.3, 0.4) is 0 Å². The average molecular weight is 213 g/mol. The highest BCUT2D eigenvalue weighted by molar-refractivity contribution is 5.49. The molecule has 82 valence electrons. The third-order valence-electron chi connectivity index (χ3n) is 2.64. The lowest BCUT2D eigenvalue weighted by atomic mass is 10.1. The van der Waals surface area contributed by atoms with Gasteiger partial charge in [-0.15, -0.1) is 0 Å². The fourth-order valence-electron chi connectivity index (χ4n) is 1.54. The second-order valence-corrected chi connectivity index (χ2v) is 3.85. The number of nitrogens with one attached hydrogen (secondary N) is 1. The van der Waals surface area contributed by atoms with Gasteiger partial charge in [-0.2, -0.15) is 0 Å². The predicted molar refractivity (Wildman–Crippen MR) is 65.3 cm³/mol. The quantitative estimate of drug-likeness (QED) is 0.851. The fourth-order valence-corrected chi connectivity index (χ4v) is 1.54. The first-order valence-electron chi connectivity index (χ1n) is 5.31. The fraction of sp³-hybridized carbons (Fsp3) is 0.231. The van der Waals surface area contributed by atoms with E-state index >= 15 is 0 Å². The van der Waals surface area contributed by atoms with Crippen molar-refractivity contribution in [2.45, 2.75) is 20.4 Å². The Morgan fingerprint density at radius 3 is 2.50 bits per heavy atom. The molecule has 0 saturated heterocycles. The van der Waals surface area contributed by atoms with Crippen LogP contribution in [0.15, 0.2) is 36.9 Å². The van der Waals surface area contributed by atoms with E-state index in [4.69, 9.17) is 0 Å². The van der Waals surface area contributed by atoms with Gasteiger partial charge in [0.1, 0.15) is 0 Å². The van der Waals surface area contributed by atoms with E-state index < -0.39 is 0 Å². The molecule has 0 fully saturated rings. The maximum absolute atomic E-state index is 4.13. The molecule has 3 heteroatoms. The molecule has 0 unspecified atom stereocenters. The van der Waals surface area contributed by atoms with E-state index in [1.54, 1.807) is 6.20 Å². The highest BCUT2D eigenvalue weighted by Crippen LogP contribution is 2.14. The van der Waals surface area contributed by atoms with E-state index in [1.807, 2.05) is 37.6 Å². The Balaban J connectivity index is 2.09. The molecule has 2 heterocycles. The topological polar surface area (TPSA) is 37.8 Å². The number of aryl methyl sites for hydroxylation is 2. The van der Waals surface area contributed by atoms with Gasteiger partial charge >= 0.3 is 0 Å². The van der Waals surface area contributed by atoms with Gasteiger partial charge in [0.15, 0.2) is 0 Å². The maximum Gasteiger partial charge on any atom is 0.0418 e. The summed E-state index contributed by atoms with van der Waals surface area (Å²) in [5.41, 5.74) is 4.76. The molecule has 1 N–H and O–H groups in total. The Labute approximate surface area is 95.6 Å². The smallest absolute Gasteiger partial charge is 0.0418 e. The standard InChI is InChI=1S/C13H15N3/c1-10-3-5-15-8-12(10)9-16-13-4-6-14-7-11(13)2/h3-8H,9H2,1-2H3,(H,14,16). The summed E-state index contributed by atoms with van der Waals surface area (Å²) in [6.45, 7) is 4.94. The molecule has 0 amide bonds. The summed E-state index contributed by atoms with van der Waals surface area (Å²) in [5, 5.41) is 3.39. The lowest BCUT2D eigenvalue weighted by Gasteiger charge is -2.10. The molecule has 0 radical (unpaired) electrons. The number of hydrogen-bond donors (Lipinski definition) is 1. The number of anilines is 1. The maximum atomic E-state index is 4.13. The van der Waals surface area contributed by atoms with Crippen molar-refractivity contribution >= 4 is 5.69 Å². The molecule has 2 aromatic rings. The minimum atomic E-state index is 0.796. The van der Waals surface area contributed by atoms with Gasteiger partial charge in [-0.1, -0.05) is 0 Å². The lowest BCUT2D eigenvalue weighted by Crippen LogP contribution is -2.03. The van der Waals surface area contributed by atoms with E-state index in [1.165, 1.54) is 11.1 Å². The zero-order valence-corrected chi connectivity index (χ0v) is 9.57. The highest BCUT2D eigenvalue weighted by Gasteiger charge is 1.99. The number of nitrogens with zero attached hydrogens (tertiary/aromatic N) is 2. The zero-order valence-electron chi connectivity index (χ0n) is 9.57. The van der Waals surface area contributed by atoms with Crippen LogP contribution in [-0.2, 0) is 6.54 Å². The molecule has 0 bridgehead atoms. The minimum absolute atomic E-state index is 0.796. The molecule has 0 saturated carbocycles. The van der Waals surface area contributed by atoms with Crippen molar-refractivity contribution in [2.24, 2.45) is 0 Å². The van der Waals surface area contributed by atoms with E-state index in [0.717, 1.165) is 17.8 Å². The van der Waals surface area contributed by atoms with E-state index in [-0.39, 0.29) is 0 Å². The molecule has 0 aliphatic carbocycles. The summed E-state index contributed by atoms with van der Waals surface area (Å²) >= 11 is 0. The van der Waals surface area contributed by atoms with Crippen LogP contribution in [0.1, 0.15) is 16.7 Å². The van der Waals surface area contributed by atoms with Crippen LogP contribution < -0.4 is 5.32 Å². The summed E-state index contributed by atoms with van der Waals surface area (Å²) in [6.07, 6.45) is 7.37. The normalized spacial score (nSPS) is 10.1. The van der Waals surface area contributed by atoms with Crippen LogP contribution in [0.2, 0.25) is 0 Å². The van der Waals surface area contributed by atoms with Crippen LogP contribution in [0.4, 0.5) is 5.69 Å². The SMILES string of the molecule is Cc1ccncc1CNc1ccncc1C. The number of rotatable bonds is 3. The van der Waals surface area contributed by atoms with Gasteiger partial charge < -0.3 is 5.32 Å². The predicted octanol–water partition coefficient (Wildman–Crippen LogP) is 2.71. The first-order valence-corrected chi connectivity index (χ1v) is 5.31. The average Bonchev–Trinajstić information content (AvgIpc) is 2.30. The summed E-state index contributed by atoms with van der Waals surface area (Å²) in [5.74, 6) is 0. The van der Waals surface area contributed by atoms with E-state index in [0.29, 0.717) is 0 Å². The van der Waals surface area contributed by atoms with Gasteiger partial charge in [0, 0.05) is 37.0 Å². The van der Waals surface area contributed by atoms with Crippen molar-refractivity contribution in [3.63, 3.8) is 0 Å². The summed E-state index contributed by atoms with van der Waals surface area (Å²) in [6, 6.07) is 4.01. The zero-order chi connectivity index (χ0) is 11.4. The lowest BCUT2D eigenvalue weighted by molar-refractivity contribution is 1.07. The van der Waals surface area contributed by atoms with Crippen LogP contribution in [0.5, 0.6) is 0 Å². The third-order valence-corrected chi connectivity index (χ3v) is 2.64. The van der Waals surface area contributed by atoms with Crippen molar-refractivity contribution < 1.29 is 0 Å². The molecule has 2 aromatic heterocycles. The Kier molecular flexibility index (Phi) is 3.15. The van der Waals surface area contributed by atoms with E-state index in [2.05, 4.69) is 22.2 Å². The van der Waals surface area contributed by atoms with Crippen LogP contribution in [0.25, 0.3) is 0 Å². The number of pyridine rings is 2. The minimum Gasteiger partial charge on any atom is -0.381 e. The van der Waals surface area contributed by atoms with Crippen LogP contribution in [0, 0.1) is 13.8 Å². The Morgan fingerprint density at radius 2 is 1.75 bits per heavy atom. The van der Waals surface area contributed by atoms with Crippen molar-refractivity contribution in [1.82, 2.24) is 9.97 Å². The van der Waals surface area contributed by atoms with Crippen molar-refractivity contribution in [2.75, 3.05) is 5.32 Å². The van der Waals surface area contributed by atoms with Gasteiger partial charge in [0.25, 0.3) is 0 Å². The molecule has 0 atom stereocenters. The Hall–Kier alpha value is -1.90. The summed E-state index contributed by atoms with van der Waals surface area (Å²) in [4.78, 5) is 8.19. The van der Waals surface area contributed by atoms with Gasteiger partial charge in [0.05, 0.1) is 0 Å². The molecule has 0 aliphatic rings. The van der Waals surface area contributed by atoms with Crippen molar-refractivity contribution in [3.8, 4) is 0 Å². The third kappa shape index (κ3) is 2.37. The second-order valence-electron chi connectivity index (χ2n) is 3.85. The Morgan fingerprint density at radius 1 is 1.00 bits per heavy atom. The molecular formula is C13H15N3. The molecule has 3 nitrogen and oxygen atoms in total. The van der Waals surface area contributed by atoms with Crippen LogP contribution in [-0.4, -0.2) is 9.97 Å². The first-order chi connectivity index (χ1) is 7.77. The van der Waals surface area contributed by atoms with Crippen molar-refractivity contribution in [1.29, 1.82) is 0 Å². The molecule has 2 rings (SSSR count). The first kappa shape index (κ1) is 10.6. The summed E-state index contributed by atoms with van der Waals surface area (Å²) in [7, 11) is 0. The highest BCUT2D eigenvalue weighted by atomic mass is 14.9. The molecular weight excluding hydrogens is 198 g/mol. The molecule has 16 heavy (non-hydrogen) atoms. The Bertz CT molecular complexity index is 435. The van der Waals surface area contributed by atoms with Gasteiger partial charge in [-0.05, 0) is 42.7 Å². The molecule has 0 aromatic carbocycles. The van der Waals surface area contributed by atoms with Crippen molar-refractivity contribution in [3.05, 3.63) is 53.6 Å². The summed E-state index contributed by atoms with van der Waals surface area (Å²) < 4.78 is 0. The monoisotopic (exact) mass is 213 g/mol. The largest absolute Gasteiger partial charge is 0.381 e. The number of aromatic nitrogens is 2.